The van der Waals surface area contributed by atoms with Gasteiger partial charge in [0.2, 0.25) is 0 Å². The maximum atomic E-state index is 10.6. The highest BCUT2D eigenvalue weighted by molar-refractivity contribution is 6.31. The van der Waals surface area contributed by atoms with E-state index in [0.717, 1.165) is 16.9 Å². The van der Waals surface area contributed by atoms with Gasteiger partial charge in [-0.2, -0.15) is 0 Å². The molecule has 0 amide bonds. The van der Waals surface area contributed by atoms with Gasteiger partial charge < -0.3 is 14.8 Å². The van der Waals surface area contributed by atoms with Crippen molar-refractivity contribution in [1.82, 2.24) is 9.55 Å². The second kappa shape index (κ2) is 7.13. The van der Waals surface area contributed by atoms with Crippen LogP contribution in [0.1, 0.15) is 23.9 Å². The van der Waals surface area contributed by atoms with E-state index < -0.39 is 6.10 Å². The van der Waals surface area contributed by atoms with Gasteiger partial charge in [-0.25, -0.2) is 4.98 Å². The first kappa shape index (κ1) is 16.0. The number of hydrogen-bond donors (Lipinski definition) is 2. The van der Waals surface area contributed by atoms with Crippen LogP contribution in [-0.4, -0.2) is 26.4 Å². The Morgan fingerprint density at radius 2 is 1.83 bits per heavy atom. The zero-order chi connectivity index (χ0) is 16.2. The number of benzene rings is 2. The minimum Gasteiger partial charge on any atom is -0.396 e. The van der Waals surface area contributed by atoms with Gasteiger partial charge in [-0.05, 0) is 24.6 Å². The highest BCUT2D eigenvalue weighted by Crippen LogP contribution is 2.26. The van der Waals surface area contributed by atoms with Gasteiger partial charge in [0.15, 0.2) is 0 Å². The molecule has 23 heavy (non-hydrogen) atoms. The maximum absolute atomic E-state index is 10.6. The van der Waals surface area contributed by atoms with Crippen molar-refractivity contribution in [2.45, 2.75) is 25.5 Å². The third kappa shape index (κ3) is 3.39. The van der Waals surface area contributed by atoms with Gasteiger partial charge in [-0.3, -0.25) is 0 Å². The van der Waals surface area contributed by atoms with E-state index >= 15 is 0 Å². The number of fused-ring (bicyclic) bond motifs is 1. The number of hydrogen-bond acceptors (Lipinski definition) is 3. The van der Waals surface area contributed by atoms with E-state index in [1.807, 2.05) is 47.0 Å². The number of imidazole rings is 1. The quantitative estimate of drug-likeness (QED) is 0.728. The third-order valence-electron chi connectivity index (χ3n) is 3.91. The average molecular weight is 331 g/mol. The standard InChI is InChI=1S/C18H19ClN2O2/c19-14-7-2-1-6-13(14)17(23)12-21-16-9-4-3-8-15(16)20-18(21)10-5-11-22/h1-4,6-9,17,22-23H,5,10-12H2. The molecule has 5 heteroatoms. The molecule has 0 saturated heterocycles. The predicted molar refractivity (Wildman–Crippen MR) is 91.6 cm³/mol. The summed E-state index contributed by atoms with van der Waals surface area (Å²) in [5, 5.41) is 20.2. The Balaban J connectivity index is 1.96. The van der Waals surface area contributed by atoms with Crippen LogP contribution in [-0.2, 0) is 13.0 Å². The van der Waals surface area contributed by atoms with E-state index in [4.69, 9.17) is 16.7 Å². The molecule has 0 aliphatic rings. The first-order valence-corrected chi connectivity index (χ1v) is 8.06. The van der Waals surface area contributed by atoms with Gasteiger partial charge in [0, 0.05) is 23.6 Å². The van der Waals surface area contributed by atoms with Crippen molar-refractivity contribution in [2.24, 2.45) is 0 Å². The molecule has 0 aliphatic heterocycles. The summed E-state index contributed by atoms with van der Waals surface area (Å²) in [6.07, 6.45) is 0.598. The van der Waals surface area contributed by atoms with E-state index in [2.05, 4.69) is 4.98 Å². The second-order valence-electron chi connectivity index (χ2n) is 5.49. The molecule has 3 aromatic rings. The van der Waals surface area contributed by atoms with Crippen molar-refractivity contribution < 1.29 is 10.2 Å². The SMILES string of the molecule is OCCCc1nc2ccccc2n1CC(O)c1ccccc1Cl. The molecule has 120 valence electrons. The molecule has 0 radical (unpaired) electrons. The highest BCUT2D eigenvalue weighted by Gasteiger charge is 2.16. The Morgan fingerprint density at radius 1 is 1.09 bits per heavy atom. The highest BCUT2D eigenvalue weighted by atomic mass is 35.5. The van der Waals surface area contributed by atoms with Crippen molar-refractivity contribution in [3.63, 3.8) is 0 Å². The summed E-state index contributed by atoms with van der Waals surface area (Å²) in [4.78, 5) is 4.63. The van der Waals surface area contributed by atoms with Crippen LogP contribution in [0.5, 0.6) is 0 Å². The zero-order valence-corrected chi connectivity index (χ0v) is 13.4. The van der Waals surface area contributed by atoms with Gasteiger partial charge in [-0.1, -0.05) is 41.9 Å². The largest absolute Gasteiger partial charge is 0.396 e. The molecule has 3 rings (SSSR count). The molecule has 2 N–H and O–H groups in total. The van der Waals surface area contributed by atoms with Crippen LogP contribution in [0.4, 0.5) is 0 Å². The number of nitrogens with zero attached hydrogens (tertiary/aromatic N) is 2. The first-order chi connectivity index (χ1) is 11.2. The van der Waals surface area contributed by atoms with Crippen molar-refractivity contribution in [1.29, 1.82) is 0 Å². The predicted octanol–water partition coefficient (Wildman–Crippen LogP) is 3.35. The number of aryl methyl sites for hydroxylation is 1. The van der Waals surface area contributed by atoms with Crippen LogP contribution in [0, 0.1) is 0 Å². The summed E-state index contributed by atoms with van der Waals surface area (Å²) in [6.45, 7) is 0.501. The zero-order valence-electron chi connectivity index (χ0n) is 12.7. The number of aliphatic hydroxyl groups excluding tert-OH is 2. The van der Waals surface area contributed by atoms with E-state index in [0.29, 0.717) is 30.0 Å². The molecule has 0 bridgehead atoms. The average Bonchev–Trinajstić information content (AvgIpc) is 2.91. The molecule has 0 aliphatic carbocycles. The van der Waals surface area contributed by atoms with E-state index in [-0.39, 0.29) is 6.61 Å². The minimum absolute atomic E-state index is 0.121. The number of aromatic nitrogens is 2. The van der Waals surface area contributed by atoms with Crippen LogP contribution >= 0.6 is 11.6 Å². The van der Waals surface area contributed by atoms with Gasteiger partial charge in [0.1, 0.15) is 5.82 Å². The van der Waals surface area contributed by atoms with Crippen LogP contribution in [0.3, 0.4) is 0 Å². The third-order valence-corrected chi connectivity index (χ3v) is 4.26. The lowest BCUT2D eigenvalue weighted by Crippen LogP contribution is -2.12. The lowest BCUT2D eigenvalue weighted by molar-refractivity contribution is 0.156. The monoisotopic (exact) mass is 330 g/mol. The molecule has 1 unspecified atom stereocenters. The Labute approximate surface area is 140 Å². The normalized spacial score (nSPS) is 12.7. The summed E-state index contributed by atoms with van der Waals surface area (Å²) in [5.74, 6) is 0.867. The Bertz CT molecular complexity index is 801. The fourth-order valence-corrected chi connectivity index (χ4v) is 3.04. The molecular formula is C18H19ClN2O2. The number of aliphatic hydroxyl groups is 2. The van der Waals surface area contributed by atoms with Crippen molar-refractivity contribution in [3.8, 4) is 0 Å². The Morgan fingerprint density at radius 3 is 2.61 bits per heavy atom. The molecule has 0 saturated carbocycles. The molecular weight excluding hydrogens is 312 g/mol. The fraction of sp³-hybridized carbons (Fsp3) is 0.278. The molecule has 2 aromatic carbocycles. The van der Waals surface area contributed by atoms with Crippen molar-refractivity contribution in [3.05, 3.63) is 64.9 Å². The van der Waals surface area contributed by atoms with Gasteiger partial charge in [-0.15, -0.1) is 0 Å². The van der Waals surface area contributed by atoms with Crippen LogP contribution < -0.4 is 0 Å². The maximum Gasteiger partial charge on any atom is 0.110 e. The smallest absolute Gasteiger partial charge is 0.110 e. The summed E-state index contributed by atoms with van der Waals surface area (Å²) in [7, 11) is 0. The van der Waals surface area contributed by atoms with Gasteiger partial charge in [0.25, 0.3) is 0 Å². The summed E-state index contributed by atoms with van der Waals surface area (Å²) < 4.78 is 2.01. The molecule has 1 heterocycles. The molecule has 0 spiro atoms. The molecule has 1 atom stereocenters. The fourth-order valence-electron chi connectivity index (χ4n) is 2.77. The van der Waals surface area contributed by atoms with Gasteiger partial charge >= 0.3 is 0 Å². The summed E-state index contributed by atoms with van der Waals surface area (Å²) in [5.41, 5.74) is 2.58. The topological polar surface area (TPSA) is 58.3 Å². The van der Waals surface area contributed by atoms with Gasteiger partial charge in [0.05, 0.1) is 23.7 Å². The second-order valence-corrected chi connectivity index (χ2v) is 5.90. The molecule has 1 aromatic heterocycles. The van der Waals surface area contributed by atoms with Crippen LogP contribution in [0.25, 0.3) is 11.0 Å². The number of rotatable bonds is 6. The Hall–Kier alpha value is -1.88. The lowest BCUT2D eigenvalue weighted by Gasteiger charge is -2.16. The lowest BCUT2D eigenvalue weighted by atomic mass is 10.1. The van der Waals surface area contributed by atoms with E-state index in [1.165, 1.54) is 0 Å². The minimum atomic E-state index is -0.714. The number of halogens is 1. The van der Waals surface area contributed by atoms with Crippen LogP contribution in [0.2, 0.25) is 5.02 Å². The van der Waals surface area contributed by atoms with E-state index in [1.54, 1.807) is 6.07 Å². The molecule has 4 nitrogen and oxygen atoms in total. The first-order valence-electron chi connectivity index (χ1n) is 7.68. The van der Waals surface area contributed by atoms with E-state index in [9.17, 15) is 5.11 Å². The number of para-hydroxylation sites is 2. The summed E-state index contributed by atoms with van der Waals surface area (Å²) >= 11 is 6.18. The molecule has 0 fully saturated rings. The summed E-state index contributed by atoms with van der Waals surface area (Å²) in [6, 6.07) is 15.2. The van der Waals surface area contributed by atoms with Crippen LogP contribution in [0.15, 0.2) is 48.5 Å². The van der Waals surface area contributed by atoms with Crippen molar-refractivity contribution in [2.75, 3.05) is 6.61 Å². The van der Waals surface area contributed by atoms with Crippen molar-refractivity contribution >= 4 is 22.6 Å². The Kier molecular flexibility index (Phi) is 4.96.